The van der Waals surface area contributed by atoms with Gasteiger partial charge in [0.1, 0.15) is 12.6 Å². The molecule has 0 fully saturated rings. The van der Waals surface area contributed by atoms with E-state index in [4.69, 9.17) is 11.6 Å². The first kappa shape index (κ1) is 31.2. The van der Waals surface area contributed by atoms with Crippen molar-refractivity contribution in [1.29, 1.82) is 0 Å². The van der Waals surface area contributed by atoms with Crippen LogP contribution in [0.3, 0.4) is 0 Å². The second kappa shape index (κ2) is 13.8. The Balaban J connectivity index is 2.06. The third-order valence-electron chi connectivity index (χ3n) is 6.81. The largest absolute Gasteiger partial charge is 0.352 e. The fraction of sp³-hybridized carbons (Fsp3) is 0.355. The van der Waals surface area contributed by atoms with Crippen LogP contribution in [0.25, 0.3) is 0 Å². The van der Waals surface area contributed by atoms with E-state index in [-0.39, 0.29) is 29.1 Å². The van der Waals surface area contributed by atoms with E-state index >= 15 is 0 Å². The standard InChI is InChI=1S/C31H38ClN3O4S/c1-6-24(5)33-31(37)29(7-2)34(20-25-11-8-10-23(4)18-25)30(36)21-35(27-13-9-12-26(32)19-27)40(38,39)28-16-14-22(3)15-17-28/h8-19,24,29H,6-7,20-21H2,1-5H3,(H,33,37)/t24-,29-/m0/s1. The molecular formula is C31H38ClN3O4S. The molecule has 214 valence electrons. The number of nitrogens with zero attached hydrogens (tertiary/aromatic N) is 2. The van der Waals surface area contributed by atoms with Crippen LogP contribution in [-0.4, -0.2) is 43.8 Å². The molecule has 0 spiro atoms. The van der Waals surface area contributed by atoms with E-state index in [2.05, 4.69) is 5.32 Å². The van der Waals surface area contributed by atoms with Crippen LogP contribution in [0.2, 0.25) is 5.02 Å². The quantitative estimate of drug-likeness (QED) is 0.289. The molecule has 1 N–H and O–H groups in total. The first-order valence-electron chi connectivity index (χ1n) is 13.5. The summed E-state index contributed by atoms with van der Waals surface area (Å²) in [4.78, 5) is 29.0. The van der Waals surface area contributed by atoms with E-state index in [0.29, 0.717) is 11.4 Å². The Morgan fingerprint density at radius 2 is 1.57 bits per heavy atom. The van der Waals surface area contributed by atoms with Crippen LogP contribution in [0, 0.1) is 13.8 Å². The highest BCUT2D eigenvalue weighted by Crippen LogP contribution is 2.27. The van der Waals surface area contributed by atoms with Gasteiger partial charge in [0.05, 0.1) is 10.6 Å². The Kier molecular flexibility index (Phi) is 10.8. The van der Waals surface area contributed by atoms with Crippen LogP contribution in [-0.2, 0) is 26.2 Å². The molecule has 0 bridgehead atoms. The number of carbonyl (C=O) groups excluding carboxylic acids is 2. The second-order valence-electron chi connectivity index (χ2n) is 10.1. The van der Waals surface area contributed by atoms with Gasteiger partial charge in [-0.1, -0.05) is 79.0 Å². The van der Waals surface area contributed by atoms with Gasteiger partial charge in [-0.3, -0.25) is 13.9 Å². The summed E-state index contributed by atoms with van der Waals surface area (Å²) < 4.78 is 28.9. The molecule has 0 saturated carbocycles. The number of carbonyl (C=O) groups is 2. The van der Waals surface area contributed by atoms with Crippen molar-refractivity contribution in [2.45, 2.75) is 71.0 Å². The molecule has 40 heavy (non-hydrogen) atoms. The fourth-order valence-electron chi connectivity index (χ4n) is 4.37. The van der Waals surface area contributed by atoms with Gasteiger partial charge in [-0.05, 0) is 69.5 Å². The number of aryl methyl sites for hydroxylation is 2. The number of amides is 2. The predicted molar refractivity (Wildman–Crippen MR) is 161 cm³/mol. The SMILES string of the molecule is CC[C@H](C)NC(=O)[C@H](CC)N(Cc1cccc(C)c1)C(=O)CN(c1cccc(Cl)c1)S(=O)(=O)c1ccc(C)cc1. The second-order valence-corrected chi connectivity index (χ2v) is 12.4. The lowest BCUT2D eigenvalue weighted by Crippen LogP contribution is -2.53. The summed E-state index contributed by atoms with van der Waals surface area (Å²) in [6, 6.07) is 19.7. The van der Waals surface area contributed by atoms with Crippen molar-refractivity contribution in [3.63, 3.8) is 0 Å². The molecule has 0 unspecified atom stereocenters. The van der Waals surface area contributed by atoms with Gasteiger partial charge in [0.15, 0.2) is 0 Å². The van der Waals surface area contributed by atoms with Gasteiger partial charge in [0.25, 0.3) is 10.0 Å². The minimum Gasteiger partial charge on any atom is -0.352 e. The predicted octanol–water partition coefficient (Wildman–Crippen LogP) is 5.87. The smallest absolute Gasteiger partial charge is 0.264 e. The molecule has 2 atom stereocenters. The number of anilines is 1. The Hall–Kier alpha value is -3.36. The molecular weight excluding hydrogens is 546 g/mol. The Morgan fingerprint density at radius 3 is 2.17 bits per heavy atom. The van der Waals surface area contributed by atoms with Crippen molar-refractivity contribution in [3.05, 3.63) is 94.5 Å². The van der Waals surface area contributed by atoms with Gasteiger partial charge in [-0.2, -0.15) is 0 Å². The van der Waals surface area contributed by atoms with E-state index in [1.807, 2.05) is 58.9 Å². The molecule has 0 heterocycles. The molecule has 0 aromatic heterocycles. The molecule has 0 saturated heterocycles. The lowest BCUT2D eigenvalue weighted by atomic mass is 10.1. The molecule has 3 rings (SSSR count). The monoisotopic (exact) mass is 583 g/mol. The molecule has 0 aliphatic rings. The fourth-order valence-corrected chi connectivity index (χ4v) is 5.96. The number of rotatable bonds is 12. The van der Waals surface area contributed by atoms with Crippen LogP contribution < -0.4 is 9.62 Å². The molecule has 3 aromatic rings. The highest BCUT2D eigenvalue weighted by Gasteiger charge is 2.34. The number of hydrogen-bond donors (Lipinski definition) is 1. The maximum atomic E-state index is 14.1. The Labute approximate surface area is 243 Å². The zero-order chi connectivity index (χ0) is 29.4. The van der Waals surface area contributed by atoms with Crippen LogP contribution in [0.1, 0.15) is 50.3 Å². The van der Waals surface area contributed by atoms with Crippen molar-refractivity contribution in [3.8, 4) is 0 Å². The van der Waals surface area contributed by atoms with Crippen LogP contribution in [0.4, 0.5) is 5.69 Å². The number of benzene rings is 3. The van der Waals surface area contributed by atoms with Crippen molar-refractivity contribution < 1.29 is 18.0 Å². The summed E-state index contributed by atoms with van der Waals surface area (Å²) in [6.07, 6.45) is 1.10. The topological polar surface area (TPSA) is 86.8 Å². The van der Waals surface area contributed by atoms with Crippen molar-refractivity contribution in [1.82, 2.24) is 10.2 Å². The number of halogens is 1. The Bertz CT molecular complexity index is 1430. The summed E-state index contributed by atoms with van der Waals surface area (Å²) in [6.45, 7) is 9.20. The van der Waals surface area contributed by atoms with Crippen LogP contribution >= 0.6 is 11.6 Å². The number of nitrogens with one attached hydrogen (secondary N) is 1. The van der Waals surface area contributed by atoms with Gasteiger partial charge in [-0.25, -0.2) is 8.42 Å². The van der Waals surface area contributed by atoms with Crippen molar-refractivity contribution in [2.75, 3.05) is 10.8 Å². The zero-order valence-corrected chi connectivity index (χ0v) is 25.3. The average molecular weight is 584 g/mol. The van der Waals surface area contributed by atoms with Crippen LogP contribution in [0.15, 0.2) is 77.7 Å². The first-order chi connectivity index (χ1) is 19.0. The van der Waals surface area contributed by atoms with Gasteiger partial charge in [0.2, 0.25) is 11.8 Å². The number of sulfonamides is 1. The maximum absolute atomic E-state index is 14.1. The first-order valence-corrected chi connectivity index (χ1v) is 15.3. The van der Waals surface area contributed by atoms with Gasteiger partial charge >= 0.3 is 0 Å². The lowest BCUT2D eigenvalue weighted by Gasteiger charge is -2.33. The summed E-state index contributed by atoms with van der Waals surface area (Å²) in [5.74, 6) is -0.767. The highest BCUT2D eigenvalue weighted by atomic mass is 35.5. The third-order valence-corrected chi connectivity index (χ3v) is 8.83. The maximum Gasteiger partial charge on any atom is 0.264 e. The Morgan fingerprint density at radius 1 is 0.900 bits per heavy atom. The van der Waals surface area contributed by atoms with Crippen molar-refractivity contribution >= 4 is 39.1 Å². The minimum atomic E-state index is -4.14. The summed E-state index contributed by atoms with van der Waals surface area (Å²) in [5.41, 5.74) is 3.03. The van der Waals surface area contributed by atoms with Gasteiger partial charge in [0, 0.05) is 17.6 Å². The third kappa shape index (κ3) is 7.86. The van der Waals surface area contributed by atoms with E-state index in [9.17, 15) is 18.0 Å². The van der Waals surface area contributed by atoms with Gasteiger partial charge in [-0.15, -0.1) is 0 Å². The van der Waals surface area contributed by atoms with E-state index in [1.54, 1.807) is 30.3 Å². The molecule has 7 nitrogen and oxygen atoms in total. The van der Waals surface area contributed by atoms with Crippen LogP contribution in [0.5, 0.6) is 0 Å². The minimum absolute atomic E-state index is 0.0534. The van der Waals surface area contributed by atoms with E-state index < -0.39 is 28.5 Å². The normalized spacial score (nSPS) is 12.8. The molecule has 9 heteroatoms. The highest BCUT2D eigenvalue weighted by molar-refractivity contribution is 7.92. The molecule has 3 aromatic carbocycles. The van der Waals surface area contributed by atoms with Crippen molar-refractivity contribution in [2.24, 2.45) is 0 Å². The van der Waals surface area contributed by atoms with Gasteiger partial charge < -0.3 is 10.2 Å². The summed E-state index contributed by atoms with van der Waals surface area (Å²) in [5, 5.41) is 3.32. The lowest BCUT2D eigenvalue weighted by molar-refractivity contribution is -0.140. The summed E-state index contributed by atoms with van der Waals surface area (Å²) >= 11 is 6.23. The molecule has 0 radical (unpaired) electrons. The molecule has 2 amide bonds. The van der Waals surface area contributed by atoms with E-state index in [1.165, 1.54) is 23.1 Å². The van der Waals surface area contributed by atoms with E-state index in [0.717, 1.165) is 27.4 Å². The zero-order valence-electron chi connectivity index (χ0n) is 23.7. The number of hydrogen-bond acceptors (Lipinski definition) is 4. The molecule has 0 aliphatic carbocycles. The molecule has 0 aliphatic heterocycles. The summed E-state index contributed by atoms with van der Waals surface area (Å²) in [7, 11) is -4.14. The average Bonchev–Trinajstić information content (AvgIpc) is 2.91.